The molecule has 0 saturated heterocycles. The predicted molar refractivity (Wildman–Crippen MR) is 91.2 cm³/mol. The van der Waals surface area contributed by atoms with Gasteiger partial charge in [0.2, 0.25) is 5.89 Å². The molecule has 2 aliphatic carbocycles. The van der Waals surface area contributed by atoms with Crippen LogP contribution in [0, 0.1) is 11.8 Å². The number of fused-ring (bicyclic) bond motifs is 2. The fraction of sp³-hybridized carbons (Fsp3) is 0.474. The molecule has 2 fully saturated rings. The number of rotatable bonds is 3. The van der Waals surface area contributed by atoms with E-state index in [0.717, 1.165) is 31.2 Å². The van der Waals surface area contributed by atoms with Crippen molar-refractivity contribution in [2.24, 2.45) is 17.6 Å². The summed E-state index contributed by atoms with van der Waals surface area (Å²) in [6.07, 6.45) is 7.02. The first kappa shape index (κ1) is 15.4. The molecule has 1 aromatic carbocycles. The van der Waals surface area contributed by atoms with Crippen molar-refractivity contribution in [1.82, 2.24) is 10.3 Å². The van der Waals surface area contributed by atoms with E-state index < -0.39 is 0 Å². The van der Waals surface area contributed by atoms with Crippen LogP contribution in [-0.2, 0) is 0 Å². The van der Waals surface area contributed by atoms with Crippen molar-refractivity contribution in [1.29, 1.82) is 0 Å². The third-order valence-electron chi connectivity index (χ3n) is 5.43. The van der Waals surface area contributed by atoms with Gasteiger partial charge in [-0.1, -0.05) is 24.6 Å². The summed E-state index contributed by atoms with van der Waals surface area (Å²) in [5, 5.41) is 3.21. The second-order valence-corrected chi connectivity index (χ2v) is 7.09. The van der Waals surface area contributed by atoms with Crippen LogP contribution in [0.4, 0.5) is 0 Å². The Kier molecular flexibility index (Phi) is 4.10. The van der Waals surface area contributed by atoms with Crippen molar-refractivity contribution in [2.75, 3.05) is 0 Å². The van der Waals surface area contributed by atoms with Crippen molar-refractivity contribution in [3.63, 3.8) is 0 Å². The average Bonchev–Trinajstić information content (AvgIpc) is 3.07. The van der Waals surface area contributed by atoms with Gasteiger partial charge in [-0.15, -0.1) is 0 Å². The van der Waals surface area contributed by atoms with Crippen LogP contribution in [0.1, 0.15) is 42.6 Å². The largest absolute Gasteiger partial charge is 0.444 e. The molecule has 2 saturated carbocycles. The molecule has 5 nitrogen and oxygen atoms in total. The Hall–Kier alpha value is -2.14. The standard InChI is InChI=1S/C19H23N3O2/c20-15-9-13-7-4-8-14(10-15)17(13)22-18(23)16-11-24-19(21-16)12-5-2-1-3-6-12/h1-3,5-6,11,13-15,17H,4,7-10,20H2,(H,22,23). The number of carbonyl (C=O) groups excluding carboxylic acids is 1. The summed E-state index contributed by atoms with van der Waals surface area (Å²) in [5.74, 6) is 1.33. The molecule has 5 heteroatoms. The second-order valence-electron chi connectivity index (χ2n) is 7.09. The third-order valence-corrected chi connectivity index (χ3v) is 5.43. The average molecular weight is 325 g/mol. The van der Waals surface area contributed by atoms with Gasteiger partial charge in [0.1, 0.15) is 6.26 Å². The maximum absolute atomic E-state index is 12.6. The highest BCUT2D eigenvalue weighted by atomic mass is 16.3. The number of nitrogens with two attached hydrogens (primary N) is 1. The molecule has 24 heavy (non-hydrogen) atoms. The van der Waals surface area contributed by atoms with E-state index in [1.54, 1.807) is 0 Å². The van der Waals surface area contributed by atoms with Crippen LogP contribution in [0.3, 0.4) is 0 Å². The molecule has 4 rings (SSSR count). The van der Waals surface area contributed by atoms with Crippen LogP contribution in [0.15, 0.2) is 41.0 Å². The van der Waals surface area contributed by atoms with Crippen molar-refractivity contribution < 1.29 is 9.21 Å². The SMILES string of the molecule is NC1CC2CCCC(C1)C2NC(=O)c1coc(-c2ccccc2)n1. The Morgan fingerprint density at radius 1 is 1.17 bits per heavy atom. The van der Waals surface area contributed by atoms with Gasteiger partial charge in [-0.3, -0.25) is 4.79 Å². The quantitative estimate of drug-likeness (QED) is 0.909. The number of nitrogens with one attached hydrogen (secondary N) is 1. The lowest BCUT2D eigenvalue weighted by Gasteiger charge is -2.45. The van der Waals surface area contributed by atoms with Crippen LogP contribution < -0.4 is 11.1 Å². The second kappa shape index (κ2) is 6.40. The van der Waals surface area contributed by atoms with Gasteiger partial charge < -0.3 is 15.5 Å². The molecule has 126 valence electrons. The Morgan fingerprint density at radius 3 is 2.58 bits per heavy atom. The summed E-state index contributed by atoms with van der Waals surface area (Å²) in [6.45, 7) is 0. The maximum atomic E-state index is 12.6. The van der Waals surface area contributed by atoms with Gasteiger partial charge in [0.25, 0.3) is 5.91 Å². The van der Waals surface area contributed by atoms with Gasteiger partial charge in [-0.25, -0.2) is 4.98 Å². The smallest absolute Gasteiger partial charge is 0.273 e. The molecular formula is C19H23N3O2. The number of benzene rings is 1. The molecule has 2 aromatic rings. The van der Waals surface area contributed by atoms with E-state index in [2.05, 4.69) is 10.3 Å². The van der Waals surface area contributed by atoms with E-state index in [1.807, 2.05) is 30.3 Å². The molecule has 0 spiro atoms. The Morgan fingerprint density at radius 2 is 1.88 bits per heavy atom. The molecular weight excluding hydrogens is 302 g/mol. The molecule has 1 amide bonds. The van der Waals surface area contributed by atoms with E-state index in [4.69, 9.17) is 10.2 Å². The highest BCUT2D eigenvalue weighted by Crippen LogP contribution is 2.39. The molecule has 2 unspecified atom stereocenters. The third kappa shape index (κ3) is 2.96. The number of nitrogens with zero attached hydrogens (tertiary/aromatic N) is 1. The van der Waals surface area contributed by atoms with Crippen LogP contribution in [0.2, 0.25) is 0 Å². The van der Waals surface area contributed by atoms with Crippen LogP contribution in [0.5, 0.6) is 0 Å². The predicted octanol–water partition coefficient (Wildman–Crippen LogP) is 2.98. The van der Waals surface area contributed by atoms with E-state index in [-0.39, 0.29) is 18.0 Å². The summed E-state index contributed by atoms with van der Waals surface area (Å²) in [4.78, 5) is 17.0. The van der Waals surface area contributed by atoms with E-state index in [0.29, 0.717) is 23.4 Å². The number of hydrogen-bond acceptors (Lipinski definition) is 4. The first-order valence-corrected chi connectivity index (χ1v) is 8.78. The molecule has 2 bridgehead atoms. The number of hydrogen-bond donors (Lipinski definition) is 2. The maximum Gasteiger partial charge on any atom is 0.273 e. The molecule has 0 radical (unpaired) electrons. The Balaban J connectivity index is 1.48. The fourth-order valence-electron chi connectivity index (χ4n) is 4.34. The minimum Gasteiger partial charge on any atom is -0.444 e. The first-order valence-electron chi connectivity index (χ1n) is 8.78. The summed E-state index contributed by atoms with van der Waals surface area (Å²) in [5.41, 5.74) is 7.38. The molecule has 2 atom stereocenters. The zero-order valence-corrected chi connectivity index (χ0v) is 13.7. The number of oxazole rings is 1. The number of carbonyl (C=O) groups is 1. The summed E-state index contributed by atoms with van der Waals surface area (Å²) >= 11 is 0. The van der Waals surface area contributed by atoms with Crippen molar-refractivity contribution in [3.05, 3.63) is 42.3 Å². The molecule has 1 heterocycles. The number of aromatic nitrogens is 1. The normalized spacial score (nSPS) is 29.2. The minimum absolute atomic E-state index is 0.140. The Bertz CT molecular complexity index is 698. The lowest BCUT2D eigenvalue weighted by Crippen LogP contribution is -2.53. The lowest BCUT2D eigenvalue weighted by molar-refractivity contribution is 0.0751. The zero-order chi connectivity index (χ0) is 16.5. The van der Waals surface area contributed by atoms with Crippen LogP contribution >= 0.6 is 0 Å². The van der Waals surface area contributed by atoms with Crippen LogP contribution in [0.25, 0.3) is 11.5 Å². The lowest BCUT2D eigenvalue weighted by atomic mass is 9.67. The fourth-order valence-corrected chi connectivity index (χ4v) is 4.34. The number of amides is 1. The van der Waals surface area contributed by atoms with E-state index in [9.17, 15) is 4.79 Å². The van der Waals surface area contributed by atoms with E-state index >= 15 is 0 Å². The Labute approximate surface area is 141 Å². The monoisotopic (exact) mass is 325 g/mol. The minimum atomic E-state index is -0.140. The van der Waals surface area contributed by atoms with E-state index in [1.165, 1.54) is 12.7 Å². The van der Waals surface area contributed by atoms with Gasteiger partial charge in [0.15, 0.2) is 5.69 Å². The zero-order valence-electron chi connectivity index (χ0n) is 13.7. The van der Waals surface area contributed by atoms with Gasteiger partial charge >= 0.3 is 0 Å². The topological polar surface area (TPSA) is 81.1 Å². The highest BCUT2D eigenvalue weighted by Gasteiger charge is 2.40. The van der Waals surface area contributed by atoms with Crippen LogP contribution in [-0.4, -0.2) is 23.0 Å². The van der Waals surface area contributed by atoms with Crippen molar-refractivity contribution >= 4 is 5.91 Å². The van der Waals surface area contributed by atoms with Gasteiger partial charge in [-0.2, -0.15) is 0 Å². The molecule has 1 aromatic heterocycles. The van der Waals surface area contributed by atoms with Gasteiger partial charge in [-0.05, 0) is 49.7 Å². The summed E-state index contributed by atoms with van der Waals surface area (Å²) < 4.78 is 5.48. The van der Waals surface area contributed by atoms with Gasteiger partial charge in [0.05, 0.1) is 0 Å². The summed E-state index contributed by atoms with van der Waals surface area (Å²) in [6, 6.07) is 10.1. The molecule has 3 N–H and O–H groups in total. The van der Waals surface area contributed by atoms with Crippen molar-refractivity contribution in [3.8, 4) is 11.5 Å². The first-order chi connectivity index (χ1) is 11.7. The van der Waals surface area contributed by atoms with Crippen molar-refractivity contribution in [2.45, 2.75) is 44.2 Å². The molecule has 2 aliphatic rings. The summed E-state index contributed by atoms with van der Waals surface area (Å²) in [7, 11) is 0. The molecule has 0 aliphatic heterocycles. The van der Waals surface area contributed by atoms with Gasteiger partial charge in [0, 0.05) is 17.6 Å². The highest BCUT2D eigenvalue weighted by molar-refractivity contribution is 5.92.